The van der Waals surface area contributed by atoms with Gasteiger partial charge in [0, 0.05) is 39.0 Å². The molecule has 10 aromatic rings. The number of benzene rings is 10. The maximum atomic E-state index is 15.4. The monoisotopic (exact) mass is 889 g/mol. The Morgan fingerprint density at radius 3 is 1.07 bits per heavy atom. The van der Waals surface area contributed by atoms with Gasteiger partial charge in [-0.3, -0.25) is 19.2 Å². The summed E-state index contributed by atoms with van der Waals surface area (Å²) in [6.45, 7) is 0. The molecule has 7 nitrogen and oxygen atoms in total. The van der Waals surface area contributed by atoms with Crippen LogP contribution in [0.1, 0.15) is 41.4 Å². The lowest BCUT2D eigenvalue weighted by molar-refractivity contribution is 0.0873. The Bertz CT molecular complexity index is 3630. The van der Waals surface area contributed by atoms with E-state index in [-0.39, 0.29) is 33.0 Å². The number of carbonyl (C=O) groups is 4. The van der Waals surface area contributed by atoms with E-state index in [2.05, 4.69) is 29.2 Å². The van der Waals surface area contributed by atoms with Gasteiger partial charge in [0.1, 0.15) is 0 Å². The van der Waals surface area contributed by atoms with Crippen LogP contribution < -0.4 is 14.7 Å². The molecule has 0 spiro atoms. The largest absolute Gasteiger partial charge is 0.311 e. The third-order valence-electron chi connectivity index (χ3n) is 13.1. The molecule has 0 atom stereocenters. The molecule has 0 aliphatic carbocycles. The number of rotatable bonds is 9. The molecule has 0 saturated carbocycles. The lowest BCUT2D eigenvalue weighted by Crippen LogP contribution is -2.44. The second-order valence-corrected chi connectivity index (χ2v) is 17.1. The fourth-order valence-corrected chi connectivity index (χ4v) is 9.91. The molecule has 0 N–H and O–H groups in total. The van der Waals surface area contributed by atoms with Crippen molar-refractivity contribution in [2.45, 2.75) is 0 Å². The predicted octanol–water partition coefficient (Wildman–Crippen LogP) is 14.6. The van der Waals surface area contributed by atoms with Crippen molar-refractivity contribution in [3.05, 3.63) is 259 Å². The third kappa shape index (κ3) is 6.91. The summed E-state index contributed by atoms with van der Waals surface area (Å²) < 4.78 is 0. The molecule has 7 heteroatoms. The molecular weight excluding hydrogens is 851 g/mol. The van der Waals surface area contributed by atoms with E-state index >= 15 is 19.2 Å². The van der Waals surface area contributed by atoms with Gasteiger partial charge in [0.05, 0.1) is 22.5 Å². The van der Waals surface area contributed by atoms with Crippen LogP contribution in [0.4, 0.5) is 28.4 Å². The molecule has 69 heavy (non-hydrogen) atoms. The van der Waals surface area contributed by atoms with Gasteiger partial charge >= 0.3 is 0 Å². The molecule has 2 aliphatic rings. The molecule has 10 aromatic carbocycles. The van der Waals surface area contributed by atoms with Gasteiger partial charge in [0.25, 0.3) is 23.6 Å². The van der Waals surface area contributed by atoms with Gasteiger partial charge in [-0.25, -0.2) is 9.80 Å². The van der Waals surface area contributed by atoms with Crippen LogP contribution in [0.5, 0.6) is 0 Å². The molecule has 0 fully saturated rings. The number of nitrogens with zero attached hydrogens (tertiary/aromatic N) is 3. The van der Waals surface area contributed by atoms with Crippen molar-refractivity contribution >= 4 is 62.8 Å². The Labute approximate surface area is 398 Å². The zero-order valence-electron chi connectivity index (χ0n) is 37.0. The molecule has 0 aromatic heterocycles. The third-order valence-corrected chi connectivity index (χ3v) is 13.1. The first kappa shape index (κ1) is 41.0. The zero-order chi connectivity index (χ0) is 46.6. The Kier molecular flexibility index (Phi) is 9.96. The molecule has 0 saturated heterocycles. The topological polar surface area (TPSA) is 78.0 Å². The first-order valence-electron chi connectivity index (χ1n) is 22.8. The molecule has 326 valence electrons. The van der Waals surface area contributed by atoms with E-state index in [0.717, 1.165) is 39.3 Å². The van der Waals surface area contributed by atoms with Crippen LogP contribution in [0.2, 0.25) is 0 Å². The molecule has 12 rings (SSSR count). The van der Waals surface area contributed by atoms with Crippen LogP contribution in [-0.4, -0.2) is 23.6 Å². The maximum absolute atomic E-state index is 15.4. The second kappa shape index (κ2) is 16.8. The molecule has 2 aliphatic heterocycles. The summed E-state index contributed by atoms with van der Waals surface area (Å²) in [4.78, 5) is 65.6. The number of para-hydroxylation sites is 4. The number of imide groups is 2. The number of anilines is 5. The highest BCUT2D eigenvalue weighted by Gasteiger charge is 2.44. The van der Waals surface area contributed by atoms with E-state index in [1.807, 2.05) is 152 Å². The van der Waals surface area contributed by atoms with Crippen LogP contribution in [0.3, 0.4) is 0 Å². The smallest absolute Gasteiger partial charge is 0.266 e. The highest BCUT2D eigenvalue weighted by Crippen LogP contribution is 2.48. The zero-order valence-corrected chi connectivity index (χ0v) is 37.0. The lowest BCUT2D eigenvalue weighted by atomic mass is 9.78. The molecule has 0 unspecified atom stereocenters. The first-order valence-corrected chi connectivity index (χ1v) is 22.8. The summed E-state index contributed by atoms with van der Waals surface area (Å²) in [5, 5.41) is 0.564. The molecule has 4 amide bonds. The van der Waals surface area contributed by atoms with E-state index in [1.54, 1.807) is 60.7 Å². The van der Waals surface area contributed by atoms with E-state index < -0.39 is 23.6 Å². The molecule has 0 bridgehead atoms. The van der Waals surface area contributed by atoms with Crippen molar-refractivity contribution in [1.82, 2.24) is 0 Å². The van der Waals surface area contributed by atoms with Gasteiger partial charge in [-0.1, -0.05) is 152 Å². The number of hydrogen-bond acceptors (Lipinski definition) is 5. The van der Waals surface area contributed by atoms with Crippen LogP contribution in [0.25, 0.3) is 55.3 Å². The van der Waals surface area contributed by atoms with Crippen molar-refractivity contribution in [1.29, 1.82) is 0 Å². The summed E-state index contributed by atoms with van der Waals surface area (Å²) in [7, 11) is 0. The minimum atomic E-state index is -0.553. The minimum absolute atomic E-state index is 0.213. The van der Waals surface area contributed by atoms with Crippen molar-refractivity contribution in [3.8, 4) is 44.5 Å². The highest BCUT2D eigenvalue weighted by molar-refractivity contribution is 6.44. The van der Waals surface area contributed by atoms with Crippen molar-refractivity contribution < 1.29 is 19.2 Å². The second-order valence-electron chi connectivity index (χ2n) is 17.1. The van der Waals surface area contributed by atoms with E-state index in [1.165, 1.54) is 9.80 Å². The van der Waals surface area contributed by atoms with Gasteiger partial charge in [-0.05, 0) is 129 Å². The van der Waals surface area contributed by atoms with E-state index in [9.17, 15) is 0 Å². The summed E-state index contributed by atoms with van der Waals surface area (Å²) in [6.07, 6.45) is 0. The highest BCUT2D eigenvalue weighted by atomic mass is 16.2. The summed E-state index contributed by atoms with van der Waals surface area (Å²) >= 11 is 0. The van der Waals surface area contributed by atoms with Gasteiger partial charge in [-0.15, -0.1) is 0 Å². The average Bonchev–Trinajstić information content (AvgIpc) is 3.41. The molecule has 0 radical (unpaired) electrons. The van der Waals surface area contributed by atoms with Gasteiger partial charge in [0.15, 0.2) is 0 Å². The predicted molar refractivity (Wildman–Crippen MR) is 276 cm³/mol. The van der Waals surface area contributed by atoms with E-state index in [4.69, 9.17) is 0 Å². The van der Waals surface area contributed by atoms with Gasteiger partial charge in [-0.2, -0.15) is 0 Å². The van der Waals surface area contributed by atoms with Crippen LogP contribution in [-0.2, 0) is 0 Å². The standard InChI is InChI=1S/C62H39N3O4/c66-59-53-38-51(41-32-34-50(35-33-41)63(46-24-8-2-9-25-46)47-26-10-3-11-27-47)57-55-54(60(67)64(61(57)68)48-28-12-4-13-29-48)39-52(58(56(53)55)62(69)65(59)49-30-14-5-15-31-49)45-23-17-22-44(37-45)43-21-16-20-42(36-43)40-18-6-1-7-19-40/h1-39H. The van der Waals surface area contributed by atoms with Crippen LogP contribution in [0, 0.1) is 0 Å². The molecule has 2 heterocycles. The Hall–Kier alpha value is -9.46. The Morgan fingerprint density at radius 1 is 0.261 bits per heavy atom. The van der Waals surface area contributed by atoms with Crippen LogP contribution >= 0.6 is 0 Å². The summed E-state index contributed by atoms with van der Waals surface area (Å²) in [5.74, 6) is -2.21. The quantitative estimate of drug-likeness (QED) is 0.135. The maximum Gasteiger partial charge on any atom is 0.266 e. The fraction of sp³-hybridized carbons (Fsp3) is 0. The van der Waals surface area contributed by atoms with Crippen molar-refractivity contribution in [2.24, 2.45) is 0 Å². The lowest BCUT2D eigenvalue weighted by Gasteiger charge is -2.34. The van der Waals surface area contributed by atoms with Gasteiger partial charge in [0.2, 0.25) is 0 Å². The van der Waals surface area contributed by atoms with Crippen molar-refractivity contribution in [2.75, 3.05) is 14.7 Å². The van der Waals surface area contributed by atoms with Gasteiger partial charge < -0.3 is 4.90 Å². The number of amides is 4. The average molecular weight is 890 g/mol. The number of hydrogen-bond donors (Lipinski definition) is 0. The Morgan fingerprint density at radius 2 is 0.609 bits per heavy atom. The summed E-state index contributed by atoms with van der Waals surface area (Å²) in [6, 6.07) is 75.6. The minimum Gasteiger partial charge on any atom is -0.311 e. The summed E-state index contributed by atoms with van der Waals surface area (Å²) in [5.41, 5.74) is 10.8. The SMILES string of the molecule is O=C1c2cc(-c3cccc(-c4cccc(-c5ccccc5)c4)c3)c3c4c(cc(-c5ccc(N(c6ccccc6)c6ccccc6)cc5)c(c24)C(=O)N1c1ccccc1)C(=O)N(c1ccccc1)C3=O. The molecular formula is C62H39N3O4. The first-order chi connectivity index (χ1) is 33.9. The van der Waals surface area contributed by atoms with Crippen molar-refractivity contribution in [3.63, 3.8) is 0 Å². The number of carbonyl (C=O) groups excluding carboxylic acids is 4. The van der Waals surface area contributed by atoms with E-state index in [0.29, 0.717) is 33.6 Å². The van der Waals surface area contributed by atoms with Crippen LogP contribution in [0.15, 0.2) is 237 Å². The Balaban J connectivity index is 1.11. The fourth-order valence-electron chi connectivity index (χ4n) is 9.91. The normalized spacial score (nSPS) is 13.0.